The third kappa shape index (κ3) is 6.72. The maximum Gasteiger partial charge on any atom is 0.433 e. The molecule has 218 valence electrons. The largest absolute Gasteiger partial charge is 0.506 e. The lowest BCUT2D eigenvalue weighted by molar-refractivity contribution is -0.144. The van der Waals surface area contributed by atoms with Crippen LogP contribution in [0.5, 0.6) is 11.5 Å². The van der Waals surface area contributed by atoms with Gasteiger partial charge in [-0.1, -0.05) is 23.7 Å². The van der Waals surface area contributed by atoms with Crippen LogP contribution < -0.4 is 4.74 Å². The molecule has 14 heteroatoms. The van der Waals surface area contributed by atoms with Crippen molar-refractivity contribution >= 4 is 11.6 Å². The summed E-state index contributed by atoms with van der Waals surface area (Å²) in [6, 6.07) is 10.1. The maximum atomic E-state index is 13.6. The van der Waals surface area contributed by atoms with Crippen LogP contribution in [0.2, 0.25) is 5.02 Å². The zero-order chi connectivity index (χ0) is 30.3. The van der Waals surface area contributed by atoms with Crippen molar-refractivity contribution in [1.29, 1.82) is 0 Å². The molecular formula is C27H18ClF9N2O2. The van der Waals surface area contributed by atoms with E-state index in [4.69, 9.17) is 16.3 Å². The molecule has 1 N–H and O–H groups in total. The number of hydrogen-bond donors (Lipinski definition) is 1. The van der Waals surface area contributed by atoms with Crippen LogP contribution in [-0.2, 0) is 32.0 Å². The van der Waals surface area contributed by atoms with Gasteiger partial charge in [-0.2, -0.15) is 44.6 Å². The van der Waals surface area contributed by atoms with E-state index in [2.05, 4.69) is 5.10 Å². The van der Waals surface area contributed by atoms with Crippen molar-refractivity contribution in [2.75, 3.05) is 6.61 Å². The molecule has 0 aliphatic carbocycles. The summed E-state index contributed by atoms with van der Waals surface area (Å²) >= 11 is 5.95. The van der Waals surface area contributed by atoms with Crippen LogP contribution in [0.15, 0.2) is 60.7 Å². The molecule has 4 aromatic rings. The van der Waals surface area contributed by atoms with E-state index < -0.39 is 57.9 Å². The Morgan fingerprint density at radius 1 is 0.829 bits per heavy atom. The van der Waals surface area contributed by atoms with Gasteiger partial charge >= 0.3 is 18.5 Å². The maximum absolute atomic E-state index is 13.6. The lowest BCUT2D eigenvalue weighted by Gasteiger charge is -2.19. The summed E-state index contributed by atoms with van der Waals surface area (Å²) in [5, 5.41) is 15.3. The summed E-state index contributed by atoms with van der Waals surface area (Å²) in [7, 11) is 0.986. The molecule has 0 atom stereocenters. The monoisotopic (exact) mass is 608 g/mol. The molecule has 4 nitrogen and oxygen atoms in total. The Hall–Kier alpha value is -3.87. The molecule has 1 heterocycles. The molecule has 0 fully saturated rings. The predicted molar refractivity (Wildman–Crippen MR) is 131 cm³/mol. The number of hydrogen-bond acceptors (Lipinski definition) is 3. The molecule has 0 amide bonds. The van der Waals surface area contributed by atoms with Crippen molar-refractivity contribution in [3.05, 3.63) is 88.1 Å². The number of phenols is 1. The van der Waals surface area contributed by atoms with E-state index in [0.29, 0.717) is 33.5 Å². The summed E-state index contributed by atoms with van der Waals surface area (Å²) in [6.45, 7) is -0.140. The van der Waals surface area contributed by atoms with Crippen molar-refractivity contribution in [2.24, 2.45) is 7.05 Å². The molecule has 0 radical (unpaired) electrons. The van der Waals surface area contributed by atoms with Crippen LogP contribution >= 0.6 is 11.6 Å². The Bertz CT molecular complexity index is 1540. The third-order valence-electron chi connectivity index (χ3n) is 6.00. The van der Waals surface area contributed by atoms with Gasteiger partial charge in [0, 0.05) is 24.1 Å². The van der Waals surface area contributed by atoms with Crippen molar-refractivity contribution in [3.8, 4) is 33.9 Å². The molecule has 0 aliphatic heterocycles. The van der Waals surface area contributed by atoms with Crippen LogP contribution in [0.1, 0.15) is 22.4 Å². The highest BCUT2D eigenvalue weighted by Gasteiger charge is 2.38. The Morgan fingerprint density at radius 3 is 2.00 bits per heavy atom. The first-order chi connectivity index (χ1) is 18.9. The van der Waals surface area contributed by atoms with Crippen molar-refractivity contribution < 1.29 is 49.4 Å². The number of benzene rings is 3. The second-order valence-corrected chi connectivity index (χ2v) is 9.33. The third-order valence-corrected chi connectivity index (χ3v) is 6.23. The summed E-state index contributed by atoms with van der Waals surface area (Å²) in [5.41, 5.74) is -5.93. The lowest BCUT2D eigenvalue weighted by atomic mass is 9.95. The van der Waals surface area contributed by atoms with Gasteiger partial charge in [0.2, 0.25) is 0 Å². The zero-order valence-electron chi connectivity index (χ0n) is 20.7. The number of aromatic hydroxyl groups is 1. The minimum atomic E-state index is -5.20. The van der Waals surface area contributed by atoms with Gasteiger partial charge in [-0.15, -0.1) is 0 Å². The van der Waals surface area contributed by atoms with E-state index in [1.54, 1.807) is 24.3 Å². The van der Waals surface area contributed by atoms with Gasteiger partial charge in [0.25, 0.3) is 0 Å². The standard InChI is InChI=1S/C27H18ClF9N2O2/c1-39-22(27(35,36)37)13-20(38-39)19-5-6-21(41-8-7-14-3-2-4-18(28)9-14)23(24(19)40)15-10-16(25(29,30)31)12-17(11-15)26(32,33)34/h2-6,9-13,40H,7-8H2,1H3. The van der Waals surface area contributed by atoms with Crippen LogP contribution in [0.4, 0.5) is 39.5 Å². The van der Waals surface area contributed by atoms with Crippen LogP contribution in [0, 0.1) is 0 Å². The fourth-order valence-electron chi connectivity index (χ4n) is 4.11. The summed E-state index contributed by atoms with van der Waals surface area (Å²) < 4.78 is 128. The summed E-state index contributed by atoms with van der Waals surface area (Å²) in [6.07, 6.45) is -15.0. The van der Waals surface area contributed by atoms with Crippen LogP contribution in [0.3, 0.4) is 0 Å². The number of halogens is 10. The number of aromatic nitrogens is 2. The molecule has 0 unspecified atom stereocenters. The van der Waals surface area contributed by atoms with E-state index in [-0.39, 0.29) is 30.4 Å². The molecule has 4 rings (SSSR count). The van der Waals surface area contributed by atoms with Gasteiger partial charge in [-0.25, -0.2) is 0 Å². The van der Waals surface area contributed by atoms with Crippen molar-refractivity contribution in [1.82, 2.24) is 9.78 Å². The number of rotatable bonds is 6. The zero-order valence-corrected chi connectivity index (χ0v) is 21.5. The number of ether oxygens (including phenoxy) is 1. The molecule has 0 spiro atoms. The Kier molecular flexibility index (Phi) is 7.96. The first kappa shape index (κ1) is 30.1. The van der Waals surface area contributed by atoms with Gasteiger partial charge in [0.05, 0.1) is 29.0 Å². The second kappa shape index (κ2) is 10.8. The fourth-order valence-corrected chi connectivity index (χ4v) is 4.33. The molecular weight excluding hydrogens is 591 g/mol. The van der Waals surface area contributed by atoms with Gasteiger partial charge in [-0.3, -0.25) is 4.68 Å². The first-order valence-electron chi connectivity index (χ1n) is 11.6. The highest BCUT2D eigenvalue weighted by Crippen LogP contribution is 2.47. The molecule has 0 aliphatic rings. The SMILES string of the molecule is Cn1nc(-c2ccc(OCCc3cccc(Cl)c3)c(-c3cc(C(F)(F)F)cc(C(F)(F)F)c3)c2O)cc1C(F)(F)F. The topological polar surface area (TPSA) is 47.3 Å². The Morgan fingerprint density at radius 2 is 1.46 bits per heavy atom. The highest BCUT2D eigenvalue weighted by atomic mass is 35.5. The lowest BCUT2D eigenvalue weighted by Crippen LogP contribution is -2.11. The van der Waals surface area contributed by atoms with E-state index >= 15 is 0 Å². The van der Waals surface area contributed by atoms with E-state index in [1.165, 1.54) is 0 Å². The van der Waals surface area contributed by atoms with Gasteiger partial charge in [-0.05, 0) is 59.7 Å². The van der Waals surface area contributed by atoms with Gasteiger partial charge in [0.15, 0.2) is 0 Å². The first-order valence-corrected chi connectivity index (χ1v) is 12.0. The van der Waals surface area contributed by atoms with Gasteiger partial charge < -0.3 is 9.84 Å². The predicted octanol–water partition coefficient (Wildman–Crippen LogP) is 8.79. The Labute approximate surface area is 231 Å². The van der Waals surface area contributed by atoms with E-state index in [9.17, 15) is 44.6 Å². The van der Waals surface area contributed by atoms with Crippen LogP contribution in [-0.4, -0.2) is 21.5 Å². The molecule has 3 aromatic carbocycles. The molecule has 41 heavy (non-hydrogen) atoms. The average molecular weight is 609 g/mol. The normalized spacial score (nSPS) is 12.6. The van der Waals surface area contributed by atoms with E-state index in [1.807, 2.05) is 0 Å². The number of nitrogens with zero attached hydrogens (tertiary/aromatic N) is 2. The number of phenolic OH excluding ortho intramolecular Hbond substituents is 1. The summed E-state index contributed by atoms with van der Waals surface area (Å²) in [4.78, 5) is 0. The second-order valence-electron chi connectivity index (χ2n) is 8.89. The minimum absolute atomic E-state index is 0.0849. The Balaban J connectivity index is 1.88. The van der Waals surface area contributed by atoms with E-state index in [0.717, 1.165) is 19.2 Å². The van der Waals surface area contributed by atoms with Crippen LogP contribution in [0.25, 0.3) is 22.4 Å². The number of alkyl halides is 9. The molecule has 0 saturated carbocycles. The fraction of sp³-hybridized carbons (Fsp3) is 0.222. The van der Waals surface area contributed by atoms with Gasteiger partial charge in [0.1, 0.15) is 17.2 Å². The smallest absolute Gasteiger partial charge is 0.433 e. The molecule has 0 bridgehead atoms. The van der Waals surface area contributed by atoms with Crippen molar-refractivity contribution in [2.45, 2.75) is 24.9 Å². The average Bonchev–Trinajstić information content (AvgIpc) is 3.25. The van der Waals surface area contributed by atoms with Crippen molar-refractivity contribution in [3.63, 3.8) is 0 Å². The molecule has 1 aromatic heterocycles. The molecule has 0 saturated heterocycles. The number of aryl methyl sites for hydroxylation is 1. The summed E-state index contributed by atoms with van der Waals surface area (Å²) in [5.74, 6) is -1.24. The quantitative estimate of drug-likeness (QED) is 0.223. The highest BCUT2D eigenvalue weighted by molar-refractivity contribution is 6.30. The minimum Gasteiger partial charge on any atom is -0.506 e.